The van der Waals surface area contributed by atoms with Gasteiger partial charge in [-0.25, -0.2) is 0 Å². The third-order valence-corrected chi connectivity index (χ3v) is 4.43. The molecule has 19 heavy (non-hydrogen) atoms. The number of carbonyl (C=O) groups excluding carboxylic acids is 2. The van der Waals surface area contributed by atoms with Crippen LogP contribution in [0.1, 0.15) is 39.3 Å². The predicted octanol–water partition coefficient (Wildman–Crippen LogP) is 2.18. The van der Waals surface area contributed by atoms with Gasteiger partial charge in [-0.2, -0.15) is 11.3 Å². The molecule has 2 amide bonds. The monoisotopic (exact) mass is 280 g/mol. The summed E-state index contributed by atoms with van der Waals surface area (Å²) in [7, 11) is 0. The van der Waals surface area contributed by atoms with Crippen LogP contribution in [-0.4, -0.2) is 28.8 Å². The largest absolute Gasteiger partial charge is 0.342 e. The lowest BCUT2D eigenvalue weighted by Crippen LogP contribution is -2.64. The number of thiophene rings is 1. The Labute approximate surface area is 117 Å². The highest BCUT2D eigenvalue weighted by atomic mass is 32.1. The Morgan fingerprint density at radius 1 is 1.32 bits per heavy atom. The molecule has 0 bridgehead atoms. The van der Waals surface area contributed by atoms with Gasteiger partial charge in [0.2, 0.25) is 11.8 Å². The molecule has 1 aromatic heterocycles. The van der Waals surface area contributed by atoms with Gasteiger partial charge in [0.1, 0.15) is 12.1 Å². The van der Waals surface area contributed by atoms with Crippen LogP contribution in [0, 0.1) is 5.92 Å². The standard InChI is InChI=1S/C14H20N2O2S/c1-8(2)12-14(18)16(10(4)13(17)15-12)9(3)11-5-6-19-7-11/h5-10,12H,1-4H3,(H,15,17). The summed E-state index contributed by atoms with van der Waals surface area (Å²) >= 11 is 1.60. The van der Waals surface area contributed by atoms with Gasteiger partial charge < -0.3 is 10.2 Å². The van der Waals surface area contributed by atoms with Gasteiger partial charge in [0.15, 0.2) is 0 Å². The van der Waals surface area contributed by atoms with Crippen LogP contribution in [0.2, 0.25) is 0 Å². The van der Waals surface area contributed by atoms with Crippen molar-refractivity contribution < 1.29 is 9.59 Å². The molecule has 1 aromatic rings. The molecule has 2 rings (SSSR count). The molecule has 0 aliphatic carbocycles. The van der Waals surface area contributed by atoms with E-state index in [1.807, 2.05) is 37.6 Å². The number of nitrogens with one attached hydrogen (secondary N) is 1. The van der Waals surface area contributed by atoms with Crippen molar-refractivity contribution in [2.45, 2.75) is 45.8 Å². The Morgan fingerprint density at radius 3 is 2.53 bits per heavy atom. The summed E-state index contributed by atoms with van der Waals surface area (Å²) in [5, 5.41) is 6.84. The molecule has 5 heteroatoms. The predicted molar refractivity (Wildman–Crippen MR) is 75.8 cm³/mol. The van der Waals surface area contributed by atoms with Gasteiger partial charge in [-0.1, -0.05) is 13.8 Å². The molecule has 4 nitrogen and oxygen atoms in total. The van der Waals surface area contributed by atoms with Gasteiger partial charge >= 0.3 is 0 Å². The van der Waals surface area contributed by atoms with Crippen LogP contribution in [-0.2, 0) is 9.59 Å². The number of amides is 2. The highest BCUT2D eigenvalue weighted by molar-refractivity contribution is 7.07. The Morgan fingerprint density at radius 2 is 2.00 bits per heavy atom. The zero-order valence-electron chi connectivity index (χ0n) is 11.7. The highest BCUT2D eigenvalue weighted by Crippen LogP contribution is 2.28. The maximum absolute atomic E-state index is 12.6. The van der Waals surface area contributed by atoms with E-state index in [0.29, 0.717) is 0 Å². The fraction of sp³-hybridized carbons (Fsp3) is 0.571. The van der Waals surface area contributed by atoms with E-state index in [-0.39, 0.29) is 23.8 Å². The number of nitrogens with zero attached hydrogens (tertiary/aromatic N) is 1. The van der Waals surface area contributed by atoms with E-state index in [4.69, 9.17) is 0 Å². The van der Waals surface area contributed by atoms with E-state index in [0.717, 1.165) is 5.56 Å². The summed E-state index contributed by atoms with van der Waals surface area (Å²) in [6.07, 6.45) is 0. The third-order valence-electron chi connectivity index (χ3n) is 3.72. The number of hydrogen-bond donors (Lipinski definition) is 1. The molecule has 0 radical (unpaired) electrons. The quantitative estimate of drug-likeness (QED) is 0.922. The molecule has 3 atom stereocenters. The molecule has 1 aliphatic rings. The second-order valence-electron chi connectivity index (χ2n) is 5.38. The number of rotatable bonds is 3. The van der Waals surface area contributed by atoms with Crippen LogP contribution < -0.4 is 5.32 Å². The van der Waals surface area contributed by atoms with Crippen LogP contribution in [0.4, 0.5) is 0 Å². The molecule has 0 aromatic carbocycles. The normalized spacial score (nSPS) is 25.6. The molecule has 1 saturated heterocycles. The fourth-order valence-corrected chi connectivity index (χ4v) is 3.21. The Balaban J connectivity index is 2.30. The van der Waals surface area contributed by atoms with Crippen molar-refractivity contribution in [3.8, 4) is 0 Å². The first-order valence-electron chi connectivity index (χ1n) is 6.58. The summed E-state index contributed by atoms with van der Waals surface area (Å²) < 4.78 is 0. The minimum Gasteiger partial charge on any atom is -0.342 e. The summed E-state index contributed by atoms with van der Waals surface area (Å²) in [6.45, 7) is 7.66. The van der Waals surface area contributed by atoms with E-state index in [1.165, 1.54) is 0 Å². The lowest BCUT2D eigenvalue weighted by Gasteiger charge is -2.42. The molecule has 1 aliphatic heterocycles. The van der Waals surface area contributed by atoms with Gasteiger partial charge in [-0.3, -0.25) is 9.59 Å². The Hall–Kier alpha value is -1.36. The van der Waals surface area contributed by atoms with Gasteiger partial charge in [-0.05, 0) is 42.2 Å². The van der Waals surface area contributed by atoms with Crippen molar-refractivity contribution in [3.05, 3.63) is 22.4 Å². The maximum Gasteiger partial charge on any atom is 0.246 e. The smallest absolute Gasteiger partial charge is 0.246 e. The van der Waals surface area contributed by atoms with Crippen molar-refractivity contribution in [1.82, 2.24) is 10.2 Å². The van der Waals surface area contributed by atoms with Gasteiger partial charge in [-0.15, -0.1) is 0 Å². The average Bonchev–Trinajstić information content (AvgIpc) is 2.87. The van der Waals surface area contributed by atoms with Crippen molar-refractivity contribution >= 4 is 23.2 Å². The van der Waals surface area contributed by atoms with Crippen LogP contribution in [0.5, 0.6) is 0 Å². The molecule has 1 fully saturated rings. The molecular weight excluding hydrogens is 260 g/mol. The topological polar surface area (TPSA) is 49.4 Å². The van der Waals surface area contributed by atoms with Gasteiger partial charge in [0.25, 0.3) is 0 Å². The fourth-order valence-electron chi connectivity index (χ4n) is 2.46. The molecule has 3 unspecified atom stereocenters. The average molecular weight is 280 g/mol. The zero-order chi connectivity index (χ0) is 14.2. The van der Waals surface area contributed by atoms with E-state index >= 15 is 0 Å². The van der Waals surface area contributed by atoms with Crippen LogP contribution in [0.25, 0.3) is 0 Å². The minimum atomic E-state index is -0.419. The second-order valence-corrected chi connectivity index (χ2v) is 6.16. The molecule has 0 saturated carbocycles. The Bertz CT molecular complexity index is 470. The molecule has 104 valence electrons. The first-order chi connectivity index (χ1) is 8.93. The van der Waals surface area contributed by atoms with Gasteiger partial charge in [0.05, 0.1) is 6.04 Å². The van der Waals surface area contributed by atoms with E-state index in [1.54, 1.807) is 23.2 Å². The number of piperazine rings is 1. The molecular formula is C14H20N2O2S. The number of hydrogen-bond acceptors (Lipinski definition) is 3. The minimum absolute atomic E-state index is 0.0146. The van der Waals surface area contributed by atoms with Crippen LogP contribution in [0.15, 0.2) is 16.8 Å². The highest BCUT2D eigenvalue weighted by Gasteiger charge is 2.41. The van der Waals surface area contributed by atoms with E-state index in [9.17, 15) is 9.59 Å². The second kappa shape index (κ2) is 5.33. The Kier molecular flexibility index (Phi) is 3.94. The van der Waals surface area contributed by atoms with Crippen LogP contribution in [0.3, 0.4) is 0 Å². The van der Waals surface area contributed by atoms with Crippen molar-refractivity contribution in [2.75, 3.05) is 0 Å². The summed E-state index contributed by atoms with van der Waals surface area (Å²) in [5.41, 5.74) is 1.09. The van der Waals surface area contributed by atoms with E-state index < -0.39 is 12.1 Å². The summed E-state index contributed by atoms with van der Waals surface area (Å²) in [6, 6.07) is 1.11. The lowest BCUT2D eigenvalue weighted by molar-refractivity contribution is -0.152. The first-order valence-corrected chi connectivity index (χ1v) is 7.52. The number of carbonyl (C=O) groups is 2. The lowest BCUT2D eigenvalue weighted by atomic mass is 9.96. The summed E-state index contributed by atoms with van der Waals surface area (Å²) in [4.78, 5) is 26.3. The van der Waals surface area contributed by atoms with E-state index in [2.05, 4.69) is 5.32 Å². The van der Waals surface area contributed by atoms with Crippen molar-refractivity contribution in [1.29, 1.82) is 0 Å². The zero-order valence-corrected chi connectivity index (χ0v) is 12.5. The SMILES string of the molecule is CC(C)C1NC(=O)C(C)N(C(C)c2ccsc2)C1=O. The summed E-state index contributed by atoms with van der Waals surface area (Å²) in [5.74, 6) is 0.0438. The first kappa shape index (κ1) is 14.1. The third kappa shape index (κ3) is 2.52. The maximum atomic E-state index is 12.6. The van der Waals surface area contributed by atoms with Crippen LogP contribution >= 0.6 is 11.3 Å². The van der Waals surface area contributed by atoms with Gasteiger partial charge in [0, 0.05) is 0 Å². The van der Waals surface area contributed by atoms with Crippen molar-refractivity contribution in [3.63, 3.8) is 0 Å². The van der Waals surface area contributed by atoms with Crippen molar-refractivity contribution in [2.24, 2.45) is 5.92 Å². The molecule has 1 N–H and O–H groups in total. The molecule has 0 spiro atoms. The molecule has 2 heterocycles.